The van der Waals surface area contributed by atoms with Crippen LogP contribution in [0.4, 0.5) is 0 Å². The first-order valence-electron chi connectivity index (χ1n) is 10.3. The van der Waals surface area contributed by atoms with Crippen molar-refractivity contribution in [3.8, 4) is 17.4 Å². The Labute approximate surface area is 182 Å². The first-order valence-corrected chi connectivity index (χ1v) is 10.3. The number of aryl methyl sites for hydroxylation is 2. The molecule has 0 spiro atoms. The average Bonchev–Trinajstić information content (AvgIpc) is 3.11. The summed E-state index contributed by atoms with van der Waals surface area (Å²) in [5.74, 6) is 3.90. The molecule has 0 amide bonds. The van der Waals surface area contributed by atoms with E-state index < -0.39 is 0 Å². The molecule has 0 saturated carbocycles. The average molecular weight is 424 g/mol. The van der Waals surface area contributed by atoms with Crippen molar-refractivity contribution in [2.24, 2.45) is 4.99 Å². The minimum atomic E-state index is 0.437. The normalized spacial score (nSPS) is 11.3. The van der Waals surface area contributed by atoms with E-state index in [1.165, 1.54) is 0 Å². The molecule has 31 heavy (non-hydrogen) atoms. The van der Waals surface area contributed by atoms with E-state index in [0.717, 1.165) is 23.4 Å². The molecule has 0 saturated heterocycles. The number of oxazole rings is 1. The number of nitrogens with zero attached hydrogens (tertiary/aromatic N) is 3. The number of guanidine groups is 1. The summed E-state index contributed by atoms with van der Waals surface area (Å²) in [6.07, 6.45) is 2.63. The number of benzene rings is 1. The Hall–Kier alpha value is -3.55. The second kappa shape index (κ2) is 11.0. The molecule has 3 rings (SSSR count). The number of ether oxygens (including phenoxy) is 2. The van der Waals surface area contributed by atoms with Crippen LogP contribution >= 0.6 is 0 Å². The maximum Gasteiger partial charge on any atom is 0.224 e. The van der Waals surface area contributed by atoms with E-state index in [-0.39, 0.29) is 0 Å². The van der Waals surface area contributed by atoms with Crippen molar-refractivity contribution in [3.05, 3.63) is 65.5 Å². The Bertz CT molecular complexity index is 996. The summed E-state index contributed by atoms with van der Waals surface area (Å²) in [5, 5.41) is 6.47. The Kier molecular flexibility index (Phi) is 7.86. The third kappa shape index (κ3) is 6.21. The van der Waals surface area contributed by atoms with Crippen LogP contribution in [0, 0.1) is 13.8 Å². The standard InChI is InChI=1S/C23H29N5O3/c1-5-13-29-19-10-6-7-11-20(19)31-22-18(9-8-12-25-22)14-26-23(24-4)27-15-21-28-16(2)17(3)30-21/h6-12H,5,13-15H2,1-4H3,(H2,24,26,27). The lowest BCUT2D eigenvalue weighted by atomic mass is 10.2. The SMILES string of the molecule is CCCOc1ccccc1Oc1ncccc1CNC(=NC)NCc1nc(C)c(C)o1. The Balaban J connectivity index is 1.64. The summed E-state index contributed by atoms with van der Waals surface area (Å²) in [5.41, 5.74) is 1.78. The van der Waals surface area contributed by atoms with Gasteiger partial charge in [-0.05, 0) is 38.5 Å². The zero-order valence-electron chi connectivity index (χ0n) is 18.4. The quantitative estimate of drug-likeness (QED) is 0.395. The summed E-state index contributed by atoms with van der Waals surface area (Å²) in [6, 6.07) is 11.4. The zero-order valence-corrected chi connectivity index (χ0v) is 18.4. The smallest absolute Gasteiger partial charge is 0.224 e. The predicted octanol–water partition coefficient (Wildman–Crippen LogP) is 4.13. The van der Waals surface area contributed by atoms with Crippen molar-refractivity contribution in [2.45, 2.75) is 40.3 Å². The molecule has 0 bridgehead atoms. The Morgan fingerprint density at radius 1 is 1.06 bits per heavy atom. The fourth-order valence-electron chi connectivity index (χ4n) is 2.79. The highest BCUT2D eigenvalue weighted by Gasteiger charge is 2.11. The number of para-hydroxylation sites is 2. The van der Waals surface area contributed by atoms with Crippen LogP contribution in [0.1, 0.15) is 36.3 Å². The molecule has 0 unspecified atom stereocenters. The number of hydrogen-bond acceptors (Lipinski definition) is 6. The van der Waals surface area contributed by atoms with Crippen LogP contribution in [0.25, 0.3) is 0 Å². The fourth-order valence-corrected chi connectivity index (χ4v) is 2.79. The zero-order chi connectivity index (χ0) is 22.1. The first kappa shape index (κ1) is 22.1. The molecule has 2 heterocycles. The minimum absolute atomic E-state index is 0.437. The van der Waals surface area contributed by atoms with E-state index >= 15 is 0 Å². The molecular formula is C23H29N5O3. The van der Waals surface area contributed by atoms with Crippen LogP contribution in [-0.4, -0.2) is 29.6 Å². The van der Waals surface area contributed by atoms with Gasteiger partial charge in [-0.1, -0.05) is 25.1 Å². The monoisotopic (exact) mass is 423 g/mol. The van der Waals surface area contributed by atoms with Crippen LogP contribution in [-0.2, 0) is 13.1 Å². The molecule has 2 aromatic heterocycles. The van der Waals surface area contributed by atoms with Crippen LogP contribution in [0.3, 0.4) is 0 Å². The van der Waals surface area contributed by atoms with Gasteiger partial charge in [-0.25, -0.2) is 9.97 Å². The third-order valence-corrected chi connectivity index (χ3v) is 4.52. The van der Waals surface area contributed by atoms with Crippen molar-refractivity contribution >= 4 is 5.96 Å². The Morgan fingerprint density at radius 3 is 2.55 bits per heavy atom. The highest BCUT2D eigenvalue weighted by Crippen LogP contribution is 2.31. The lowest BCUT2D eigenvalue weighted by molar-refractivity contribution is 0.300. The van der Waals surface area contributed by atoms with E-state index in [4.69, 9.17) is 13.9 Å². The van der Waals surface area contributed by atoms with E-state index in [1.54, 1.807) is 13.2 Å². The summed E-state index contributed by atoms with van der Waals surface area (Å²) in [7, 11) is 1.71. The van der Waals surface area contributed by atoms with Gasteiger partial charge < -0.3 is 24.5 Å². The predicted molar refractivity (Wildman–Crippen MR) is 120 cm³/mol. The first-order chi connectivity index (χ1) is 15.1. The van der Waals surface area contributed by atoms with Crippen molar-refractivity contribution in [3.63, 3.8) is 0 Å². The molecule has 8 heteroatoms. The number of rotatable bonds is 9. The second-order valence-corrected chi connectivity index (χ2v) is 6.89. The van der Waals surface area contributed by atoms with Gasteiger partial charge in [0.15, 0.2) is 17.5 Å². The van der Waals surface area contributed by atoms with E-state index in [1.807, 2.05) is 50.2 Å². The molecule has 8 nitrogen and oxygen atoms in total. The summed E-state index contributed by atoms with van der Waals surface area (Å²) >= 11 is 0. The van der Waals surface area contributed by atoms with E-state index in [9.17, 15) is 0 Å². The van der Waals surface area contributed by atoms with Crippen molar-refractivity contribution in [1.82, 2.24) is 20.6 Å². The summed E-state index contributed by atoms with van der Waals surface area (Å²) in [6.45, 7) is 7.43. The maximum atomic E-state index is 6.09. The molecule has 0 aliphatic rings. The number of nitrogens with one attached hydrogen (secondary N) is 2. The van der Waals surface area contributed by atoms with Crippen molar-refractivity contribution in [1.29, 1.82) is 0 Å². The van der Waals surface area contributed by atoms with Crippen LogP contribution in [0.15, 0.2) is 52.0 Å². The second-order valence-electron chi connectivity index (χ2n) is 6.89. The van der Waals surface area contributed by atoms with Gasteiger partial charge in [0.1, 0.15) is 5.76 Å². The molecular weight excluding hydrogens is 394 g/mol. The van der Waals surface area contributed by atoms with Gasteiger partial charge in [0, 0.05) is 25.4 Å². The molecule has 0 aliphatic heterocycles. The van der Waals surface area contributed by atoms with E-state index in [2.05, 4.69) is 32.5 Å². The number of aromatic nitrogens is 2. The maximum absolute atomic E-state index is 6.09. The topological polar surface area (TPSA) is 93.8 Å². The Morgan fingerprint density at radius 2 is 1.84 bits per heavy atom. The highest BCUT2D eigenvalue weighted by molar-refractivity contribution is 5.79. The van der Waals surface area contributed by atoms with Gasteiger partial charge in [-0.15, -0.1) is 0 Å². The van der Waals surface area contributed by atoms with Gasteiger partial charge in [-0.2, -0.15) is 0 Å². The number of pyridine rings is 1. The molecule has 3 aromatic rings. The lowest BCUT2D eigenvalue weighted by Gasteiger charge is -2.15. The fraction of sp³-hybridized carbons (Fsp3) is 0.348. The van der Waals surface area contributed by atoms with Gasteiger partial charge >= 0.3 is 0 Å². The van der Waals surface area contributed by atoms with Crippen molar-refractivity contribution in [2.75, 3.05) is 13.7 Å². The third-order valence-electron chi connectivity index (χ3n) is 4.52. The number of hydrogen-bond donors (Lipinski definition) is 2. The van der Waals surface area contributed by atoms with Crippen LogP contribution in [0.2, 0.25) is 0 Å². The minimum Gasteiger partial charge on any atom is -0.490 e. The summed E-state index contributed by atoms with van der Waals surface area (Å²) < 4.78 is 17.5. The van der Waals surface area contributed by atoms with Gasteiger partial charge in [0.2, 0.25) is 11.8 Å². The van der Waals surface area contributed by atoms with Gasteiger partial charge in [0.25, 0.3) is 0 Å². The van der Waals surface area contributed by atoms with Crippen LogP contribution in [0.5, 0.6) is 17.4 Å². The molecule has 0 atom stereocenters. The molecule has 2 N–H and O–H groups in total. The highest BCUT2D eigenvalue weighted by atomic mass is 16.5. The van der Waals surface area contributed by atoms with E-state index in [0.29, 0.717) is 48.9 Å². The molecule has 0 fully saturated rings. The molecule has 1 aromatic carbocycles. The largest absolute Gasteiger partial charge is 0.490 e. The number of aliphatic imine (C=N–C) groups is 1. The molecule has 0 radical (unpaired) electrons. The molecule has 0 aliphatic carbocycles. The lowest BCUT2D eigenvalue weighted by Crippen LogP contribution is -2.36. The van der Waals surface area contributed by atoms with Gasteiger partial charge in [-0.3, -0.25) is 4.99 Å². The van der Waals surface area contributed by atoms with Crippen LogP contribution < -0.4 is 20.1 Å². The summed E-state index contributed by atoms with van der Waals surface area (Å²) in [4.78, 5) is 13.0. The molecule has 164 valence electrons. The van der Waals surface area contributed by atoms with Crippen molar-refractivity contribution < 1.29 is 13.9 Å². The van der Waals surface area contributed by atoms with Gasteiger partial charge in [0.05, 0.1) is 18.8 Å².